The number of rotatable bonds is 9. The van der Waals surface area contributed by atoms with Gasteiger partial charge in [-0.25, -0.2) is 4.79 Å². The van der Waals surface area contributed by atoms with Gasteiger partial charge in [-0.3, -0.25) is 9.59 Å². The Morgan fingerprint density at radius 2 is 1.69 bits per heavy atom. The van der Waals surface area contributed by atoms with Crippen molar-refractivity contribution in [2.75, 3.05) is 19.3 Å². The van der Waals surface area contributed by atoms with Crippen molar-refractivity contribution in [3.05, 3.63) is 58.7 Å². The van der Waals surface area contributed by atoms with Gasteiger partial charge in [-0.1, -0.05) is 24.3 Å². The number of benzene rings is 2. The van der Waals surface area contributed by atoms with Crippen molar-refractivity contribution in [2.24, 2.45) is 11.8 Å². The highest BCUT2D eigenvalue weighted by atomic mass is 32.2. The van der Waals surface area contributed by atoms with Gasteiger partial charge in [-0.2, -0.15) is 0 Å². The van der Waals surface area contributed by atoms with Crippen LogP contribution in [0.2, 0.25) is 0 Å². The summed E-state index contributed by atoms with van der Waals surface area (Å²) in [5, 5.41) is 9.40. The Balaban J connectivity index is 1.76. The number of Topliss-reactive ketones (excluding diaryl/α,β-unsaturated/α-hetero) is 1. The highest BCUT2D eigenvalue weighted by Crippen LogP contribution is 2.33. The first kappa shape index (κ1) is 26.8. The first-order valence-electron chi connectivity index (χ1n) is 11.9. The monoisotopic (exact) mass is 497 g/mol. The molecule has 0 aliphatic carbocycles. The third kappa shape index (κ3) is 6.26. The molecule has 1 amide bonds. The van der Waals surface area contributed by atoms with Crippen LogP contribution in [0.1, 0.15) is 54.2 Å². The van der Waals surface area contributed by atoms with Crippen molar-refractivity contribution in [1.82, 2.24) is 4.90 Å². The standard InChI is InChI=1S/C28H35NO5S/c1-17-13-20(14-18(2)26(17)34-28(4,5)27(32)33)7-8-22-15-29(19(3)30)16-24(22)25(31)21-9-11-23(35-6)12-10-21/h9-14,22,24H,7-8,15-16H2,1-6H3,(H,32,33). The molecule has 1 heterocycles. The molecule has 2 aromatic carbocycles. The first-order valence-corrected chi connectivity index (χ1v) is 13.1. The fraction of sp³-hybridized carbons (Fsp3) is 0.464. The number of hydrogen-bond donors (Lipinski definition) is 1. The summed E-state index contributed by atoms with van der Waals surface area (Å²) in [5.41, 5.74) is 2.24. The second-order valence-corrected chi connectivity index (χ2v) is 10.8. The number of nitrogens with zero attached hydrogens (tertiary/aromatic N) is 1. The summed E-state index contributed by atoms with van der Waals surface area (Å²) >= 11 is 1.64. The number of carboxylic acid groups (broad SMARTS) is 1. The number of carbonyl (C=O) groups excluding carboxylic acids is 2. The zero-order chi connectivity index (χ0) is 25.9. The summed E-state index contributed by atoms with van der Waals surface area (Å²) in [7, 11) is 0. The number of aryl methyl sites for hydroxylation is 3. The number of aliphatic carboxylic acids is 1. The predicted molar refractivity (Wildman–Crippen MR) is 138 cm³/mol. The summed E-state index contributed by atoms with van der Waals surface area (Å²) in [4.78, 5) is 39.8. The lowest BCUT2D eigenvalue weighted by molar-refractivity contribution is -0.152. The summed E-state index contributed by atoms with van der Waals surface area (Å²) in [6.07, 6.45) is 3.54. The lowest BCUT2D eigenvalue weighted by Crippen LogP contribution is -2.38. The van der Waals surface area contributed by atoms with E-state index in [1.54, 1.807) is 23.6 Å². The first-order chi connectivity index (χ1) is 16.4. The number of ketones is 1. The summed E-state index contributed by atoms with van der Waals surface area (Å²) < 4.78 is 5.82. The SMILES string of the molecule is CSc1ccc(C(=O)C2CN(C(C)=O)CC2CCc2cc(C)c(OC(C)(C)C(=O)O)c(C)c2)cc1. The Morgan fingerprint density at radius 1 is 1.09 bits per heavy atom. The van der Waals surface area contributed by atoms with Gasteiger partial charge in [0.15, 0.2) is 11.4 Å². The number of likely N-dealkylation sites (tertiary alicyclic amines) is 1. The number of amides is 1. The molecule has 6 nitrogen and oxygen atoms in total. The lowest BCUT2D eigenvalue weighted by Gasteiger charge is -2.25. The van der Waals surface area contributed by atoms with Gasteiger partial charge in [0.05, 0.1) is 0 Å². The average molecular weight is 498 g/mol. The van der Waals surface area contributed by atoms with Crippen molar-refractivity contribution >= 4 is 29.4 Å². The molecule has 1 aliphatic heterocycles. The molecule has 2 unspecified atom stereocenters. The summed E-state index contributed by atoms with van der Waals surface area (Å²) in [5.74, 6) is -0.480. The quantitative estimate of drug-likeness (QED) is 0.380. The van der Waals surface area contributed by atoms with E-state index in [0.717, 1.165) is 34.4 Å². The normalized spacial score (nSPS) is 17.9. The third-order valence-corrected chi connectivity index (χ3v) is 7.54. The number of carboxylic acids is 1. The lowest BCUT2D eigenvalue weighted by atomic mass is 9.84. The topological polar surface area (TPSA) is 83.9 Å². The maximum Gasteiger partial charge on any atom is 0.347 e. The van der Waals surface area contributed by atoms with E-state index in [2.05, 4.69) is 0 Å². The fourth-order valence-electron chi connectivity index (χ4n) is 4.68. The van der Waals surface area contributed by atoms with E-state index in [1.807, 2.05) is 56.5 Å². The second kappa shape index (κ2) is 10.9. The molecule has 1 fully saturated rings. The highest BCUT2D eigenvalue weighted by Gasteiger charge is 2.38. The Bertz CT molecular complexity index is 1090. The molecule has 188 valence electrons. The number of hydrogen-bond acceptors (Lipinski definition) is 5. The van der Waals surface area contributed by atoms with Gasteiger partial charge >= 0.3 is 5.97 Å². The maximum atomic E-state index is 13.4. The van der Waals surface area contributed by atoms with Crippen molar-refractivity contribution in [3.8, 4) is 5.75 Å². The molecule has 0 bridgehead atoms. The van der Waals surface area contributed by atoms with E-state index >= 15 is 0 Å². The molecule has 0 saturated carbocycles. The van der Waals surface area contributed by atoms with Crippen LogP contribution >= 0.6 is 11.8 Å². The molecule has 2 aromatic rings. The van der Waals surface area contributed by atoms with Crippen molar-refractivity contribution < 1.29 is 24.2 Å². The molecular formula is C28H35NO5S. The minimum atomic E-state index is -1.32. The third-order valence-electron chi connectivity index (χ3n) is 6.79. The molecule has 1 saturated heterocycles. The van der Waals surface area contributed by atoms with Gasteiger partial charge in [-0.15, -0.1) is 11.8 Å². The van der Waals surface area contributed by atoms with E-state index in [9.17, 15) is 19.5 Å². The molecule has 0 aromatic heterocycles. The van der Waals surface area contributed by atoms with Crippen LogP contribution in [0.3, 0.4) is 0 Å². The fourth-order valence-corrected chi connectivity index (χ4v) is 5.09. The molecule has 0 spiro atoms. The number of thioether (sulfide) groups is 1. The van der Waals surface area contributed by atoms with Crippen LogP contribution in [0.15, 0.2) is 41.3 Å². The van der Waals surface area contributed by atoms with Gasteiger partial charge in [0.1, 0.15) is 5.75 Å². The molecule has 7 heteroatoms. The summed E-state index contributed by atoms with van der Waals surface area (Å²) in [6, 6.07) is 11.7. The minimum absolute atomic E-state index is 0.00253. The van der Waals surface area contributed by atoms with Crippen LogP contribution < -0.4 is 4.74 Å². The van der Waals surface area contributed by atoms with Gasteiger partial charge in [0, 0.05) is 36.4 Å². The zero-order valence-electron chi connectivity index (χ0n) is 21.4. The second-order valence-electron chi connectivity index (χ2n) is 9.90. The van der Waals surface area contributed by atoms with Crippen LogP contribution in [-0.2, 0) is 16.0 Å². The van der Waals surface area contributed by atoms with E-state index < -0.39 is 11.6 Å². The predicted octanol–water partition coefficient (Wildman–Crippen LogP) is 5.18. The van der Waals surface area contributed by atoms with Gasteiger partial charge in [0.2, 0.25) is 5.91 Å². The van der Waals surface area contributed by atoms with Crippen molar-refractivity contribution in [2.45, 2.75) is 58.0 Å². The Kier molecular flexibility index (Phi) is 8.31. The molecule has 35 heavy (non-hydrogen) atoms. The number of carbonyl (C=O) groups is 3. The van der Waals surface area contributed by atoms with Crippen LogP contribution in [-0.4, -0.2) is 52.6 Å². The molecule has 2 atom stereocenters. The van der Waals surface area contributed by atoms with Crippen LogP contribution in [0.25, 0.3) is 0 Å². The van der Waals surface area contributed by atoms with Crippen LogP contribution in [0.4, 0.5) is 0 Å². The summed E-state index contributed by atoms with van der Waals surface area (Å²) in [6.45, 7) is 9.51. The Labute approximate surface area is 212 Å². The Morgan fingerprint density at radius 3 is 2.20 bits per heavy atom. The molecule has 1 N–H and O–H groups in total. The zero-order valence-corrected chi connectivity index (χ0v) is 22.2. The van der Waals surface area contributed by atoms with E-state index in [0.29, 0.717) is 24.4 Å². The highest BCUT2D eigenvalue weighted by molar-refractivity contribution is 7.98. The van der Waals surface area contributed by atoms with Gasteiger partial charge in [0.25, 0.3) is 0 Å². The van der Waals surface area contributed by atoms with E-state index in [4.69, 9.17) is 4.74 Å². The van der Waals surface area contributed by atoms with Crippen LogP contribution in [0, 0.1) is 25.7 Å². The van der Waals surface area contributed by atoms with E-state index in [1.165, 1.54) is 13.8 Å². The minimum Gasteiger partial charge on any atom is -0.478 e. The van der Waals surface area contributed by atoms with Gasteiger partial charge in [-0.05, 0) is 81.5 Å². The van der Waals surface area contributed by atoms with Crippen molar-refractivity contribution in [3.63, 3.8) is 0 Å². The molecule has 1 aliphatic rings. The molecule has 0 radical (unpaired) electrons. The van der Waals surface area contributed by atoms with Crippen LogP contribution in [0.5, 0.6) is 5.75 Å². The Hall–Kier alpha value is -2.80. The number of ether oxygens (including phenoxy) is 1. The van der Waals surface area contributed by atoms with Crippen molar-refractivity contribution in [1.29, 1.82) is 0 Å². The largest absolute Gasteiger partial charge is 0.478 e. The van der Waals surface area contributed by atoms with Gasteiger partial charge < -0.3 is 14.7 Å². The molecular weight excluding hydrogens is 462 g/mol. The maximum absolute atomic E-state index is 13.4. The van der Waals surface area contributed by atoms with E-state index in [-0.39, 0.29) is 23.5 Å². The smallest absolute Gasteiger partial charge is 0.347 e. The average Bonchev–Trinajstić information content (AvgIpc) is 3.24. The molecule has 3 rings (SSSR count).